The topological polar surface area (TPSA) is 71.7 Å². The van der Waals surface area contributed by atoms with E-state index in [0.717, 1.165) is 22.5 Å². The molecule has 9 heteroatoms. The fourth-order valence-corrected chi connectivity index (χ4v) is 3.34. The summed E-state index contributed by atoms with van der Waals surface area (Å²) in [5.74, 6) is 0.774. The summed E-state index contributed by atoms with van der Waals surface area (Å²) in [5, 5.41) is 9.06. The molecule has 1 aliphatic heterocycles. The van der Waals surface area contributed by atoms with Gasteiger partial charge in [-0.25, -0.2) is 9.38 Å². The highest BCUT2D eigenvalue weighted by atomic mass is 32.2. The number of fused-ring (bicyclic) bond motifs is 1. The zero-order valence-corrected chi connectivity index (χ0v) is 18.2. The van der Waals surface area contributed by atoms with Gasteiger partial charge in [-0.1, -0.05) is 11.8 Å². The second kappa shape index (κ2) is 10.3. The van der Waals surface area contributed by atoms with Gasteiger partial charge in [0.2, 0.25) is 5.17 Å². The summed E-state index contributed by atoms with van der Waals surface area (Å²) < 4.78 is 24.8. The summed E-state index contributed by atoms with van der Waals surface area (Å²) in [6, 6.07) is 6.78. The molecule has 0 radical (unpaired) electrons. The van der Waals surface area contributed by atoms with Crippen molar-refractivity contribution in [2.45, 2.75) is 26.2 Å². The van der Waals surface area contributed by atoms with Crippen molar-refractivity contribution in [3.05, 3.63) is 58.7 Å². The van der Waals surface area contributed by atoms with Crippen molar-refractivity contribution in [3.8, 4) is 5.75 Å². The Morgan fingerprint density at radius 3 is 2.87 bits per heavy atom. The Bertz CT molecular complexity index is 974. The van der Waals surface area contributed by atoms with Gasteiger partial charge in [-0.2, -0.15) is 5.10 Å². The average molecular weight is 430 g/mol. The van der Waals surface area contributed by atoms with Gasteiger partial charge in [0.15, 0.2) is 6.79 Å². The summed E-state index contributed by atoms with van der Waals surface area (Å²) in [6.07, 6.45) is 3.41. The van der Waals surface area contributed by atoms with Gasteiger partial charge in [0.25, 0.3) is 0 Å². The van der Waals surface area contributed by atoms with E-state index in [0.29, 0.717) is 28.8 Å². The molecule has 0 spiro atoms. The molecule has 1 aromatic heterocycles. The third-order valence-electron chi connectivity index (χ3n) is 4.12. The van der Waals surface area contributed by atoms with Crippen LogP contribution in [0.4, 0.5) is 4.39 Å². The van der Waals surface area contributed by atoms with Crippen LogP contribution in [0.1, 0.15) is 29.3 Å². The Balaban J connectivity index is 1.81. The number of pyridine rings is 1. The number of hydrogen-bond donors (Lipinski definition) is 0. The summed E-state index contributed by atoms with van der Waals surface area (Å²) in [7, 11) is 3.74. The normalized spacial score (nSPS) is 14.6. The lowest BCUT2D eigenvalue weighted by atomic mass is 10.1. The van der Waals surface area contributed by atoms with Gasteiger partial charge >= 0.3 is 0 Å². The van der Waals surface area contributed by atoms with Crippen molar-refractivity contribution in [2.75, 3.05) is 20.9 Å². The van der Waals surface area contributed by atoms with Crippen molar-refractivity contribution in [3.63, 3.8) is 0 Å². The molecular formula is C21H24FN5O2S. The number of thioether (sulfide) groups is 1. The van der Waals surface area contributed by atoms with Gasteiger partial charge in [0.1, 0.15) is 11.6 Å². The number of benzene rings is 1. The number of ether oxygens (including phenoxy) is 2. The first kappa shape index (κ1) is 21.9. The zero-order valence-electron chi connectivity index (χ0n) is 17.4. The Morgan fingerprint density at radius 1 is 1.30 bits per heavy atom. The fourth-order valence-electron chi connectivity index (χ4n) is 2.62. The average Bonchev–Trinajstić information content (AvgIpc) is 2.73. The Kier molecular flexibility index (Phi) is 7.53. The predicted octanol–water partition coefficient (Wildman–Crippen LogP) is 4.00. The Labute approximate surface area is 179 Å². The van der Waals surface area contributed by atoms with Crippen molar-refractivity contribution in [2.24, 2.45) is 15.2 Å². The van der Waals surface area contributed by atoms with E-state index in [4.69, 9.17) is 9.47 Å². The molecule has 30 heavy (non-hydrogen) atoms. The second-order valence-electron chi connectivity index (χ2n) is 6.92. The summed E-state index contributed by atoms with van der Waals surface area (Å²) in [6.45, 7) is 4.29. The first-order chi connectivity index (χ1) is 14.4. The number of aryl methyl sites for hydroxylation is 1. The van der Waals surface area contributed by atoms with Gasteiger partial charge in [0.05, 0.1) is 18.7 Å². The molecule has 1 aromatic carbocycles. The minimum Gasteiger partial charge on any atom is -0.467 e. The SMILES string of the molecule is CC(=NN=C(N=CN(C)C)SCc1cc(F)cc2c1OCOC2)c1ccc(C)nc1. The highest BCUT2D eigenvalue weighted by Gasteiger charge is 2.17. The second-order valence-corrected chi connectivity index (χ2v) is 7.86. The standard InChI is InChI=1S/C21H24FN5O2S/c1-14-5-6-16(9-23-14)15(2)25-26-21(24-12-27(3)4)30-11-18-8-19(22)7-17-10-28-13-29-20(17)18/h5-9,12H,10-11,13H2,1-4H3. The molecule has 7 nitrogen and oxygen atoms in total. The molecule has 0 atom stereocenters. The third-order valence-corrected chi connectivity index (χ3v) is 5.02. The monoisotopic (exact) mass is 429 g/mol. The highest BCUT2D eigenvalue weighted by molar-refractivity contribution is 8.13. The van der Waals surface area contributed by atoms with Crippen LogP contribution < -0.4 is 4.74 Å². The van der Waals surface area contributed by atoms with Crippen molar-refractivity contribution in [1.29, 1.82) is 0 Å². The summed E-state index contributed by atoms with van der Waals surface area (Å²) in [5.41, 5.74) is 3.98. The number of rotatable bonds is 5. The maximum atomic E-state index is 14.0. The minimum absolute atomic E-state index is 0.157. The van der Waals surface area contributed by atoms with Crippen LogP contribution in [-0.2, 0) is 17.1 Å². The van der Waals surface area contributed by atoms with E-state index in [2.05, 4.69) is 20.2 Å². The molecule has 2 heterocycles. The highest BCUT2D eigenvalue weighted by Crippen LogP contribution is 2.32. The van der Waals surface area contributed by atoms with Gasteiger partial charge in [-0.15, -0.1) is 5.10 Å². The molecule has 1 aliphatic rings. The maximum Gasteiger partial charge on any atom is 0.210 e. The molecule has 0 amide bonds. The number of aromatic nitrogens is 1. The Morgan fingerprint density at radius 2 is 2.13 bits per heavy atom. The molecule has 0 bridgehead atoms. The minimum atomic E-state index is -0.325. The molecule has 3 rings (SSSR count). The number of nitrogens with zero attached hydrogens (tertiary/aromatic N) is 5. The van der Waals surface area contributed by atoms with Crippen LogP contribution in [0, 0.1) is 12.7 Å². The lowest BCUT2D eigenvalue weighted by Crippen LogP contribution is -2.13. The Hall–Kier alpha value is -2.78. The molecule has 2 aromatic rings. The van der Waals surface area contributed by atoms with E-state index < -0.39 is 0 Å². The zero-order chi connectivity index (χ0) is 21.5. The largest absolute Gasteiger partial charge is 0.467 e. The van der Waals surface area contributed by atoms with Crippen LogP contribution >= 0.6 is 11.8 Å². The van der Waals surface area contributed by atoms with Crippen molar-refractivity contribution in [1.82, 2.24) is 9.88 Å². The van der Waals surface area contributed by atoms with Gasteiger partial charge in [-0.3, -0.25) is 4.98 Å². The van der Waals surface area contributed by atoms with Crippen LogP contribution in [0.5, 0.6) is 5.75 Å². The number of hydrogen-bond acceptors (Lipinski definition) is 6. The van der Waals surface area contributed by atoms with E-state index >= 15 is 0 Å². The van der Waals surface area contributed by atoms with E-state index in [9.17, 15) is 4.39 Å². The molecule has 0 fully saturated rings. The van der Waals surface area contributed by atoms with Crippen LogP contribution in [0.15, 0.2) is 45.7 Å². The first-order valence-corrected chi connectivity index (χ1v) is 10.3. The molecular weight excluding hydrogens is 405 g/mol. The third kappa shape index (κ3) is 6.11. The number of amidine groups is 1. The predicted molar refractivity (Wildman–Crippen MR) is 119 cm³/mol. The maximum absolute atomic E-state index is 14.0. The fraction of sp³-hybridized carbons (Fsp3) is 0.333. The van der Waals surface area contributed by atoms with Gasteiger partial charge in [-0.05, 0) is 38.1 Å². The molecule has 0 saturated heterocycles. The summed E-state index contributed by atoms with van der Waals surface area (Å²) in [4.78, 5) is 10.5. The van der Waals surface area contributed by atoms with Gasteiger partial charge in [0, 0.05) is 48.4 Å². The first-order valence-electron chi connectivity index (χ1n) is 9.33. The smallest absolute Gasteiger partial charge is 0.210 e. The quantitative estimate of drug-likeness (QED) is 0.408. The van der Waals surface area contributed by atoms with E-state index in [1.54, 1.807) is 17.4 Å². The molecule has 158 valence electrons. The lowest BCUT2D eigenvalue weighted by Gasteiger charge is -2.20. The van der Waals surface area contributed by atoms with E-state index in [-0.39, 0.29) is 12.6 Å². The molecule has 0 N–H and O–H groups in total. The van der Waals surface area contributed by atoms with Crippen molar-refractivity contribution < 1.29 is 13.9 Å². The van der Waals surface area contributed by atoms with Crippen LogP contribution in [0.2, 0.25) is 0 Å². The van der Waals surface area contributed by atoms with Gasteiger partial charge < -0.3 is 14.4 Å². The van der Waals surface area contributed by atoms with Crippen molar-refractivity contribution >= 4 is 29.0 Å². The number of aliphatic imine (C=N–C) groups is 1. The van der Waals surface area contributed by atoms with Crippen LogP contribution in [0.25, 0.3) is 0 Å². The molecule has 0 aliphatic carbocycles. The van der Waals surface area contributed by atoms with E-state index in [1.807, 2.05) is 40.1 Å². The number of halogens is 1. The van der Waals surface area contributed by atoms with Crippen LogP contribution in [-0.4, -0.2) is 48.0 Å². The van der Waals surface area contributed by atoms with E-state index in [1.165, 1.54) is 23.9 Å². The summed E-state index contributed by atoms with van der Waals surface area (Å²) >= 11 is 1.35. The lowest BCUT2D eigenvalue weighted by molar-refractivity contribution is -0.0171. The molecule has 0 unspecified atom stereocenters. The molecule has 0 saturated carbocycles. The van der Waals surface area contributed by atoms with Crippen LogP contribution in [0.3, 0.4) is 0 Å².